The number of nitrogens with one attached hydrogen (secondary N) is 1. The van der Waals surface area contributed by atoms with E-state index in [1.807, 2.05) is 13.0 Å². The smallest absolute Gasteiger partial charge is 0.304 e. The topological polar surface area (TPSA) is 55.2 Å². The fraction of sp³-hybridized carbons (Fsp3) is 0.286. The first-order valence-corrected chi connectivity index (χ1v) is 7.12. The van der Waals surface area contributed by atoms with Gasteiger partial charge in [-0.05, 0) is 31.5 Å². The average Bonchev–Trinajstić information content (AvgIpc) is 2.87. The molecule has 0 spiro atoms. The Morgan fingerprint density at radius 1 is 1.40 bits per heavy atom. The van der Waals surface area contributed by atoms with Crippen molar-refractivity contribution in [1.82, 2.24) is 0 Å². The van der Waals surface area contributed by atoms with Gasteiger partial charge in [0, 0.05) is 27.6 Å². The second kappa shape index (κ2) is 6.00. The van der Waals surface area contributed by atoms with Crippen LogP contribution in [-0.4, -0.2) is 4.92 Å². The molecule has 0 saturated carbocycles. The minimum Gasteiger partial charge on any atom is -0.378 e. The number of aryl methyl sites for hydroxylation is 1. The molecule has 0 saturated heterocycles. The molecule has 1 atom stereocenters. The molecular formula is C14H15FN2O2S. The van der Waals surface area contributed by atoms with Gasteiger partial charge < -0.3 is 5.32 Å². The summed E-state index contributed by atoms with van der Waals surface area (Å²) in [7, 11) is 0. The molecule has 0 aliphatic heterocycles. The summed E-state index contributed by atoms with van der Waals surface area (Å²) in [4.78, 5) is 12.3. The van der Waals surface area contributed by atoms with E-state index in [1.54, 1.807) is 11.3 Å². The van der Waals surface area contributed by atoms with E-state index >= 15 is 0 Å². The van der Waals surface area contributed by atoms with Crippen molar-refractivity contribution in [3.05, 3.63) is 56.0 Å². The quantitative estimate of drug-likeness (QED) is 0.651. The number of halogens is 1. The maximum absolute atomic E-state index is 13.5. The molecule has 6 heteroatoms. The van der Waals surface area contributed by atoms with E-state index in [0.29, 0.717) is 5.69 Å². The van der Waals surface area contributed by atoms with Crippen molar-refractivity contribution in [2.45, 2.75) is 26.3 Å². The Hall–Kier alpha value is -1.95. The van der Waals surface area contributed by atoms with Crippen LogP contribution in [0, 0.1) is 15.9 Å². The maximum Gasteiger partial charge on any atom is 0.304 e. The highest BCUT2D eigenvalue weighted by Crippen LogP contribution is 2.28. The zero-order chi connectivity index (χ0) is 14.7. The summed E-state index contributed by atoms with van der Waals surface area (Å²) >= 11 is 1.71. The number of thiophene rings is 1. The molecule has 1 aromatic carbocycles. The summed E-state index contributed by atoms with van der Waals surface area (Å²) in [6.45, 7) is 4.07. The number of nitrogens with zero attached hydrogens (tertiary/aromatic N) is 1. The Balaban J connectivity index is 2.13. The highest BCUT2D eigenvalue weighted by molar-refractivity contribution is 7.12. The molecule has 0 amide bonds. The number of hydrogen-bond donors (Lipinski definition) is 1. The van der Waals surface area contributed by atoms with Crippen molar-refractivity contribution >= 4 is 22.7 Å². The second-order valence-electron chi connectivity index (χ2n) is 4.45. The molecule has 1 unspecified atom stereocenters. The van der Waals surface area contributed by atoms with Crippen LogP contribution < -0.4 is 5.32 Å². The standard InChI is InChI=1S/C14H15FN2O2S/c1-3-11-5-7-14(20-11)9(2)16-10-4-6-13(17(18)19)12(15)8-10/h4-9,16H,3H2,1-2H3. The lowest BCUT2D eigenvalue weighted by atomic mass is 10.2. The van der Waals surface area contributed by atoms with Gasteiger partial charge in [0.15, 0.2) is 0 Å². The monoisotopic (exact) mass is 294 g/mol. The molecule has 1 aromatic heterocycles. The first-order valence-electron chi connectivity index (χ1n) is 6.30. The Kier molecular flexibility index (Phi) is 4.34. The molecule has 2 rings (SSSR count). The average molecular weight is 294 g/mol. The van der Waals surface area contributed by atoms with Gasteiger partial charge in [0.1, 0.15) is 0 Å². The van der Waals surface area contributed by atoms with Crippen LogP contribution in [0.3, 0.4) is 0 Å². The molecule has 4 nitrogen and oxygen atoms in total. The molecule has 0 bridgehead atoms. The summed E-state index contributed by atoms with van der Waals surface area (Å²) in [5.74, 6) is -0.826. The molecule has 2 aromatic rings. The van der Waals surface area contributed by atoms with Crippen molar-refractivity contribution in [3.8, 4) is 0 Å². The molecule has 0 fully saturated rings. The van der Waals surface area contributed by atoms with Crippen molar-refractivity contribution in [1.29, 1.82) is 0 Å². The predicted molar refractivity (Wildman–Crippen MR) is 78.8 cm³/mol. The Morgan fingerprint density at radius 2 is 2.15 bits per heavy atom. The van der Waals surface area contributed by atoms with Crippen LogP contribution in [0.4, 0.5) is 15.8 Å². The van der Waals surface area contributed by atoms with E-state index in [9.17, 15) is 14.5 Å². The molecule has 0 radical (unpaired) electrons. The Morgan fingerprint density at radius 3 is 2.70 bits per heavy atom. The largest absolute Gasteiger partial charge is 0.378 e. The highest BCUT2D eigenvalue weighted by atomic mass is 32.1. The minimum absolute atomic E-state index is 0.0288. The fourth-order valence-electron chi connectivity index (χ4n) is 1.88. The zero-order valence-corrected chi connectivity index (χ0v) is 12.0. The van der Waals surface area contributed by atoms with Crippen molar-refractivity contribution in [2.24, 2.45) is 0 Å². The highest BCUT2D eigenvalue weighted by Gasteiger charge is 2.15. The van der Waals surface area contributed by atoms with Crippen LogP contribution in [0.15, 0.2) is 30.3 Å². The molecule has 20 heavy (non-hydrogen) atoms. The third-order valence-corrected chi connectivity index (χ3v) is 4.40. The van der Waals surface area contributed by atoms with Gasteiger partial charge in [0.25, 0.3) is 0 Å². The zero-order valence-electron chi connectivity index (χ0n) is 11.2. The van der Waals surface area contributed by atoms with Crippen LogP contribution in [0.1, 0.15) is 29.6 Å². The number of nitro benzene ring substituents is 1. The van der Waals surface area contributed by atoms with E-state index in [-0.39, 0.29) is 6.04 Å². The van der Waals surface area contributed by atoms with E-state index < -0.39 is 16.4 Å². The number of nitro groups is 1. The number of benzene rings is 1. The van der Waals surface area contributed by atoms with E-state index in [1.165, 1.54) is 17.0 Å². The summed E-state index contributed by atoms with van der Waals surface area (Å²) < 4.78 is 13.5. The first-order chi connectivity index (χ1) is 9.51. The normalized spacial score (nSPS) is 12.2. The van der Waals surface area contributed by atoms with Gasteiger partial charge in [0.2, 0.25) is 5.82 Å². The minimum atomic E-state index is -0.826. The fourth-order valence-corrected chi connectivity index (χ4v) is 2.84. The van der Waals surface area contributed by atoms with Gasteiger partial charge in [-0.15, -0.1) is 11.3 Å². The van der Waals surface area contributed by atoms with E-state index in [0.717, 1.165) is 17.4 Å². The number of hydrogen-bond acceptors (Lipinski definition) is 4. The Bertz CT molecular complexity index is 627. The van der Waals surface area contributed by atoms with Crippen molar-refractivity contribution < 1.29 is 9.31 Å². The summed E-state index contributed by atoms with van der Waals surface area (Å²) in [5.41, 5.74) is 0.0274. The van der Waals surface area contributed by atoms with Gasteiger partial charge in [-0.3, -0.25) is 10.1 Å². The van der Waals surface area contributed by atoms with Crippen LogP contribution >= 0.6 is 11.3 Å². The van der Waals surface area contributed by atoms with Gasteiger partial charge in [-0.25, -0.2) is 0 Å². The lowest BCUT2D eigenvalue weighted by molar-refractivity contribution is -0.387. The molecule has 106 valence electrons. The van der Waals surface area contributed by atoms with Gasteiger partial charge in [-0.1, -0.05) is 6.92 Å². The van der Waals surface area contributed by atoms with Crippen LogP contribution in [0.25, 0.3) is 0 Å². The molecule has 1 N–H and O–H groups in total. The third-order valence-electron chi connectivity index (χ3n) is 2.99. The van der Waals surface area contributed by atoms with Crippen molar-refractivity contribution in [2.75, 3.05) is 5.32 Å². The Labute approximate surface area is 120 Å². The first kappa shape index (κ1) is 14.5. The van der Waals surface area contributed by atoms with E-state index in [4.69, 9.17) is 0 Å². The van der Waals surface area contributed by atoms with Crippen molar-refractivity contribution in [3.63, 3.8) is 0 Å². The number of rotatable bonds is 5. The predicted octanol–water partition coefficient (Wildman–Crippen LogP) is 4.53. The van der Waals surface area contributed by atoms with Crippen LogP contribution in [0.2, 0.25) is 0 Å². The van der Waals surface area contributed by atoms with E-state index in [2.05, 4.69) is 18.3 Å². The van der Waals surface area contributed by atoms with Gasteiger partial charge in [0.05, 0.1) is 11.0 Å². The molecule has 0 aliphatic rings. The number of anilines is 1. The lowest BCUT2D eigenvalue weighted by Crippen LogP contribution is -2.05. The maximum atomic E-state index is 13.5. The van der Waals surface area contributed by atoms with Crippen LogP contribution in [0.5, 0.6) is 0 Å². The summed E-state index contributed by atoms with van der Waals surface area (Å²) in [6.07, 6.45) is 0.990. The second-order valence-corrected chi connectivity index (χ2v) is 5.65. The molecule has 1 heterocycles. The van der Waals surface area contributed by atoms with Gasteiger partial charge >= 0.3 is 5.69 Å². The summed E-state index contributed by atoms with van der Waals surface area (Å²) in [6, 6.07) is 8.00. The van der Waals surface area contributed by atoms with Crippen LogP contribution in [-0.2, 0) is 6.42 Å². The lowest BCUT2D eigenvalue weighted by Gasteiger charge is -2.13. The van der Waals surface area contributed by atoms with Gasteiger partial charge in [-0.2, -0.15) is 4.39 Å². The molecule has 0 aliphatic carbocycles. The SMILES string of the molecule is CCc1ccc(C(C)Nc2ccc([N+](=O)[O-])c(F)c2)s1. The molecular weight excluding hydrogens is 279 g/mol. The third kappa shape index (κ3) is 3.14. The summed E-state index contributed by atoms with van der Waals surface area (Å²) in [5, 5.41) is 13.7.